The van der Waals surface area contributed by atoms with E-state index in [4.69, 9.17) is 0 Å². The van der Waals surface area contributed by atoms with E-state index in [0.717, 1.165) is 17.5 Å². The zero-order chi connectivity index (χ0) is 21.6. The molecule has 2 amide bonds. The van der Waals surface area contributed by atoms with Crippen LogP contribution >= 0.6 is 0 Å². The Labute approximate surface area is 184 Å². The Balaban J connectivity index is 1.44. The highest BCUT2D eigenvalue weighted by molar-refractivity contribution is 5.94. The van der Waals surface area contributed by atoms with Gasteiger partial charge in [0.1, 0.15) is 0 Å². The second-order valence-corrected chi connectivity index (χ2v) is 8.14. The Kier molecular flexibility index (Phi) is 6.46. The minimum atomic E-state index is 0.0146. The van der Waals surface area contributed by atoms with Crippen LogP contribution in [0.1, 0.15) is 40.2 Å². The van der Waals surface area contributed by atoms with Gasteiger partial charge in [0.2, 0.25) is 5.91 Å². The van der Waals surface area contributed by atoms with Gasteiger partial charge in [0.05, 0.1) is 6.04 Å². The van der Waals surface area contributed by atoms with E-state index in [0.29, 0.717) is 25.1 Å². The molecule has 3 aromatic carbocycles. The molecular weight excluding hydrogens is 384 g/mol. The molecule has 0 aliphatic carbocycles. The van der Waals surface area contributed by atoms with Crippen molar-refractivity contribution in [2.24, 2.45) is 0 Å². The highest BCUT2D eigenvalue weighted by atomic mass is 16.2. The lowest BCUT2D eigenvalue weighted by molar-refractivity contribution is -0.132. The van der Waals surface area contributed by atoms with Crippen LogP contribution in [-0.2, 0) is 4.79 Å². The summed E-state index contributed by atoms with van der Waals surface area (Å²) in [7, 11) is 1.87. The van der Waals surface area contributed by atoms with Crippen LogP contribution in [0, 0.1) is 0 Å². The second kappa shape index (κ2) is 9.61. The minimum absolute atomic E-state index is 0.0146. The first kappa shape index (κ1) is 20.9. The number of hydrogen-bond donors (Lipinski definition) is 0. The van der Waals surface area contributed by atoms with Crippen molar-refractivity contribution >= 4 is 11.8 Å². The van der Waals surface area contributed by atoms with E-state index < -0.39 is 0 Å². The van der Waals surface area contributed by atoms with Crippen LogP contribution in [0.4, 0.5) is 0 Å². The van der Waals surface area contributed by atoms with Crippen molar-refractivity contribution in [3.05, 3.63) is 108 Å². The van der Waals surface area contributed by atoms with Gasteiger partial charge < -0.3 is 9.80 Å². The molecule has 158 valence electrons. The predicted molar refractivity (Wildman–Crippen MR) is 123 cm³/mol. The molecular formula is C27H28N2O2. The minimum Gasteiger partial charge on any atom is -0.341 e. The van der Waals surface area contributed by atoms with Crippen LogP contribution in [0.5, 0.6) is 0 Å². The normalized spacial score (nSPS) is 15.8. The van der Waals surface area contributed by atoms with Gasteiger partial charge in [0, 0.05) is 38.0 Å². The summed E-state index contributed by atoms with van der Waals surface area (Å²) in [4.78, 5) is 29.7. The Morgan fingerprint density at radius 1 is 0.871 bits per heavy atom. The van der Waals surface area contributed by atoms with Crippen molar-refractivity contribution in [1.82, 2.24) is 9.80 Å². The van der Waals surface area contributed by atoms with E-state index >= 15 is 0 Å². The van der Waals surface area contributed by atoms with Crippen LogP contribution in [0.2, 0.25) is 0 Å². The molecule has 1 heterocycles. The summed E-state index contributed by atoms with van der Waals surface area (Å²) >= 11 is 0. The maximum Gasteiger partial charge on any atom is 0.253 e. The first-order chi connectivity index (χ1) is 15.1. The van der Waals surface area contributed by atoms with Crippen molar-refractivity contribution < 1.29 is 9.59 Å². The number of likely N-dealkylation sites (tertiary alicyclic amines) is 1. The van der Waals surface area contributed by atoms with Gasteiger partial charge in [-0.2, -0.15) is 0 Å². The van der Waals surface area contributed by atoms with E-state index in [1.165, 1.54) is 0 Å². The first-order valence-electron chi connectivity index (χ1n) is 10.8. The van der Waals surface area contributed by atoms with Gasteiger partial charge in [-0.1, -0.05) is 78.9 Å². The van der Waals surface area contributed by atoms with Crippen molar-refractivity contribution in [2.75, 3.05) is 20.1 Å². The molecule has 3 aromatic rings. The zero-order valence-electron chi connectivity index (χ0n) is 17.9. The van der Waals surface area contributed by atoms with Crippen LogP contribution in [0.3, 0.4) is 0 Å². The largest absolute Gasteiger partial charge is 0.341 e. The molecule has 4 heteroatoms. The summed E-state index contributed by atoms with van der Waals surface area (Å²) in [6.07, 6.45) is 1.22. The molecule has 0 saturated carbocycles. The molecule has 0 unspecified atom stereocenters. The number of benzene rings is 3. The van der Waals surface area contributed by atoms with Crippen LogP contribution < -0.4 is 0 Å². The highest BCUT2D eigenvalue weighted by Gasteiger charge is 2.32. The van der Waals surface area contributed by atoms with Gasteiger partial charge in [0.15, 0.2) is 0 Å². The smallest absolute Gasteiger partial charge is 0.253 e. The van der Waals surface area contributed by atoms with Gasteiger partial charge in [-0.25, -0.2) is 0 Å². The lowest BCUT2D eigenvalue weighted by Gasteiger charge is -2.27. The maximum atomic E-state index is 13.3. The summed E-state index contributed by atoms with van der Waals surface area (Å²) in [6.45, 7) is 1.26. The van der Waals surface area contributed by atoms with Crippen molar-refractivity contribution in [1.29, 1.82) is 0 Å². The van der Waals surface area contributed by atoms with E-state index in [9.17, 15) is 9.59 Å². The quantitative estimate of drug-likeness (QED) is 0.595. The molecule has 0 radical (unpaired) electrons. The van der Waals surface area contributed by atoms with E-state index in [-0.39, 0.29) is 23.8 Å². The fourth-order valence-corrected chi connectivity index (χ4v) is 4.33. The van der Waals surface area contributed by atoms with Crippen LogP contribution in [0.25, 0.3) is 0 Å². The number of rotatable bonds is 6. The van der Waals surface area contributed by atoms with Gasteiger partial charge in [0.25, 0.3) is 5.91 Å². The summed E-state index contributed by atoms with van der Waals surface area (Å²) in [5.74, 6) is 0.160. The van der Waals surface area contributed by atoms with Crippen molar-refractivity contribution in [2.45, 2.75) is 24.8 Å². The topological polar surface area (TPSA) is 40.6 Å². The molecule has 1 aliphatic rings. The third kappa shape index (κ3) is 4.85. The van der Waals surface area contributed by atoms with E-state index in [1.807, 2.05) is 83.6 Å². The fourth-order valence-electron chi connectivity index (χ4n) is 4.33. The monoisotopic (exact) mass is 412 g/mol. The predicted octanol–water partition coefficient (Wildman–Crippen LogP) is 4.58. The molecule has 1 aliphatic heterocycles. The van der Waals surface area contributed by atoms with Crippen molar-refractivity contribution in [3.8, 4) is 0 Å². The third-order valence-electron chi connectivity index (χ3n) is 6.20. The average molecular weight is 413 g/mol. The van der Waals surface area contributed by atoms with E-state index in [2.05, 4.69) is 24.3 Å². The Morgan fingerprint density at radius 3 is 1.94 bits per heavy atom. The molecule has 1 saturated heterocycles. The number of likely N-dealkylation sites (N-methyl/N-ethyl adjacent to an activating group) is 1. The van der Waals surface area contributed by atoms with Crippen LogP contribution in [0.15, 0.2) is 91.0 Å². The maximum absolute atomic E-state index is 13.3. The molecule has 1 atom stereocenters. The summed E-state index contributed by atoms with van der Waals surface area (Å²) < 4.78 is 0. The zero-order valence-corrected chi connectivity index (χ0v) is 17.9. The Hall–Kier alpha value is -3.40. The van der Waals surface area contributed by atoms with Crippen molar-refractivity contribution in [3.63, 3.8) is 0 Å². The third-order valence-corrected chi connectivity index (χ3v) is 6.20. The summed E-state index contributed by atoms with van der Waals surface area (Å²) in [6, 6.07) is 29.8. The Bertz CT molecular complexity index is 966. The average Bonchev–Trinajstić information content (AvgIpc) is 3.33. The molecule has 0 spiro atoms. The molecule has 0 aromatic heterocycles. The number of carbonyl (C=O) groups is 2. The second-order valence-electron chi connectivity index (χ2n) is 8.14. The Morgan fingerprint density at radius 2 is 1.39 bits per heavy atom. The number of amides is 2. The summed E-state index contributed by atoms with van der Waals surface area (Å²) in [5, 5.41) is 0. The lowest BCUT2D eigenvalue weighted by atomic mass is 9.88. The van der Waals surface area contributed by atoms with Gasteiger partial charge in [-0.15, -0.1) is 0 Å². The van der Waals surface area contributed by atoms with Gasteiger partial charge in [-0.05, 0) is 29.7 Å². The standard InChI is InChI=1S/C27H28N2O2/c1-28(24-17-18-29(20-24)27(31)23-15-9-4-10-16-23)26(30)19-25(21-11-5-2-6-12-21)22-13-7-3-8-14-22/h2-16,24-25H,17-20H2,1H3/t24-/m1/s1. The van der Waals surface area contributed by atoms with Gasteiger partial charge >= 0.3 is 0 Å². The number of hydrogen-bond acceptors (Lipinski definition) is 2. The summed E-state index contributed by atoms with van der Waals surface area (Å²) in [5.41, 5.74) is 2.98. The lowest BCUT2D eigenvalue weighted by Crippen LogP contribution is -2.40. The first-order valence-corrected chi connectivity index (χ1v) is 10.8. The molecule has 1 fully saturated rings. The molecule has 0 N–H and O–H groups in total. The molecule has 31 heavy (non-hydrogen) atoms. The van der Waals surface area contributed by atoms with Crippen LogP contribution in [-0.4, -0.2) is 47.8 Å². The SMILES string of the molecule is CN(C(=O)CC(c1ccccc1)c1ccccc1)[C@@H]1CCN(C(=O)c2ccccc2)C1. The molecule has 4 nitrogen and oxygen atoms in total. The molecule has 0 bridgehead atoms. The molecule has 4 rings (SSSR count). The van der Waals surface area contributed by atoms with E-state index in [1.54, 1.807) is 0 Å². The van der Waals surface area contributed by atoms with Gasteiger partial charge in [-0.3, -0.25) is 9.59 Å². The number of nitrogens with zero attached hydrogens (tertiary/aromatic N) is 2. The highest BCUT2D eigenvalue weighted by Crippen LogP contribution is 2.29. The fraction of sp³-hybridized carbons (Fsp3) is 0.259. The number of carbonyl (C=O) groups excluding carboxylic acids is 2.